The summed E-state index contributed by atoms with van der Waals surface area (Å²) in [6.07, 6.45) is 0.776. The maximum atomic E-state index is 12.9. The Morgan fingerprint density at radius 1 is 1.50 bits per heavy atom. The van der Waals surface area contributed by atoms with Crippen molar-refractivity contribution < 1.29 is 19.2 Å². The van der Waals surface area contributed by atoms with Gasteiger partial charge in [0.15, 0.2) is 0 Å². The molecule has 2 N–H and O–H groups in total. The third-order valence-electron chi connectivity index (χ3n) is 2.18. The highest BCUT2D eigenvalue weighted by Crippen LogP contribution is 2.11. The van der Waals surface area contributed by atoms with Gasteiger partial charge in [-0.3, -0.25) is 0 Å². The van der Waals surface area contributed by atoms with E-state index in [2.05, 4.69) is 6.58 Å². The lowest BCUT2D eigenvalue weighted by Gasteiger charge is -2.11. The Labute approximate surface area is 94.3 Å². The minimum absolute atomic E-state index is 0.0175. The first-order valence-corrected chi connectivity index (χ1v) is 4.99. The Hall–Kier alpha value is -1.33. The van der Waals surface area contributed by atoms with Crippen molar-refractivity contribution in [2.75, 3.05) is 6.61 Å². The van der Waals surface area contributed by atoms with Crippen molar-refractivity contribution in [3.8, 4) is 5.75 Å². The lowest BCUT2D eigenvalue weighted by Crippen LogP contribution is -2.32. The van der Waals surface area contributed by atoms with E-state index < -0.39 is 12.9 Å². The predicted molar refractivity (Wildman–Crippen MR) is 61.2 cm³/mol. The van der Waals surface area contributed by atoms with Crippen molar-refractivity contribution >= 4 is 12.6 Å². The maximum Gasteiger partial charge on any atom is 0.492 e. The Morgan fingerprint density at radius 3 is 2.75 bits per heavy atom. The summed E-state index contributed by atoms with van der Waals surface area (Å²) >= 11 is 0. The first kappa shape index (κ1) is 12.7. The molecule has 16 heavy (non-hydrogen) atoms. The van der Waals surface area contributed by atoms with Gasteiger partial charge in [-0.05, 0) is 30.2 Å². The van der Waals surface area contributed by atoms with Crippen LogP contribution < -0.4 is 10.2 Å². The molecular formula is C11H14BFO3. The van der Waals surface area contributed by atoms with Crippen molar-refractivity contribution in [3.63, 3.8) is 0 Å². The van der Waals surface area contributed by atoms with Gasteiger partial charge in [-0.2, -0.15) is 0 Å². The van der Waals surface area contributed by atoms with Crippen molar-refractivity contribution in [3.05, 3.63) is 36.2 Å². The molecule has 1 rings (SSSR count). The molecule has 1 aromatic rings. The zero-order chi connectivity index (χ0) is 12.1. The molecule has 0 fully saturated rings. The first-order chi connectivity index (χ1) is 7.54. The molecule has 0 saturated heterocycles. The molecule has 0 amide bonds. The molecule has 0 heterocycles. The van der Waals surface area contributed by atoms with Gasteiger partial charge in [0.05, 0.1) is 0 Å². The molecular weight excluding hydrogens is 210 g/mol. The summed E-state index contributed by atoms with van der Waals surface area (Å²) in [6.45, 7) is 5.98. The third kappa shape index (κ3) is 3.36. The number of hydrogen-bond acceptors (Lipinski definition) is 3. The van der Waals surface area contributed by atoms with Gasteiger partial charge >= 0.3 is 7.12 Å². The monoisotopic (exact) mass is 224 g/mol. The molecule has 0 saturated carbocycles. The second-order valence-corrected chi connectivity index (χ2v) is 3.45. The summed E-state index contributed by atoms with van der Waals surface area (Å²) < 4.78 is 18.2. The molecule has 0 aromatic heterocycles. The average molecular weight is 224 g/mol. The van der Waals surface area contributed by atoms with Crippen LogP contribution in [0.4, 0.5) is 4.39 Å². The fourth-order valence-corrected chi connectivity index (χ4v) is 1.13. The Kier molecular flexibility index (Phi) is 4.52. The van der Waals surface area contributed by atoms with Gasteiger partial charge in [0.25, 0.3) is 0 Å². The molecule has 0 bridgehead atoms. The van der Waals surface area contributed by atoms with Crippen LogP contribution in [0.15, 0.2) is 30.4 Å². The Morgan fingerprint density at radius 2 is 2.19 bits per heavy atom. The zero-order valence-corrected chi connectivity index (χ0v) is 9.11. The molecule has 0 atom stereocenters. The molecule has 0 aliphatic rings. The van der Waals surface area contributed by atoms with Crippen LogP contribution in [0.3, 0.4) is 0 Å². The minimum atomic E-state index is -1.75. The van der Waals surface area contributed by atoms with E-state index in [-0.39, 0.29) is 17.8 Å². The summed E-state index contributed by atoms with van der Waals surface area (Å²) in [7, 11) is -1.75. The average Bonchev–Trinajstić information content (AvgIpc) is 2.26. The maximum absolute atomic E-state index is 12.9. The van der Waals surface area contributed by atoms with Gasteiger partial charge in [0.1, 0.15) is 18.2 Å². The number of hydrogen-bond donors (Lipinski definition) is 2. The summed E-state index contributed by atoms with van der Waals surface area (Å²) in [6, 6.07) is 3.61. The summed E-state index contributed by atoms with van der Waals surface area (Å²) in [5, 5.41) is 18.1. The number of benzene rings is 1. The molecule has 1 aromatic carbocycles. The zero-order valence-electron chi connectivity index (χ0n) is 9.11. The van der Waals surface area contributed by atoms with Crippen molar-refractivity contribution in [2.24, 2.45) is 0 Å². The quantitative estimate of drug-likeness (QED) is 0.575. The highest BCUT2D eigenvalue weighted by molar-refractivity contribution is 6.59. The van der Waals surface area contributed by atoms with Gasteiger partial charge in [0.2, 0.25) is 0 Å². The van der Waals surface area contributed by atoms with E-state index >= 15 is 0 Å². The van der Waals surface area contributed by atoms with Crippen LogP contribution >= 0.6 is 0 Å². The van der Waals surface area contributed by atoms with Crippen LogP contribution in [0.2, 0.25) is 0 Å². The third-order valence-corrected chi connectivity index (χ3v) is 2.18. The summed E-state index contributed by atoms with van der Waals surface area (Å²) in [5.41, 5.74) is 0.895. The van der Waals surface area contributed by atoms with E-state index in [0.717, 1.165) is 18.1 Å². The largest absolute Gasteiger partial charge is 0.492 e. The van der Waals surface area contributed by atoms with Crippen LogP contribution in [0.5, 0.6) is 5.75 Å². The van der Waals surface area contributed by atoms with Gasteiger partial charge in [-0.1, -0.05) is 13.5 Å². The topological polar surface area (TPSA) is 49.7 Å². The van der Waals surface area contributed by atoms with Gasteiger partial charge < -0.3 is 14.8 Å². The van der Waals surface area contributed by atoms with Gasteiger partial charge in [0, 0.05) is 5.46 Å². The Bertz CT molecular complexity index is 379. The van der Waals surface area contributed by atoms with E-state index in [1.54, 1.807) is 0 Å². The molecule has 0 aliphatic carbocycles. The Balaban J connectivity index is 2.82. The number of ether oxygens (including phenoxy) is 1. The van der Waals surface area contributed by atoms with E-state index in [1.165, 1.54) is 12.1 Å². The summed E-state index contributed by atoms with van der Waals surface area (Å²) in [5.74, 6) is -0.282. The van der Waals surface area contributed by atoms with E-state index in [0.29, 0.717) is 0 Å². The summed E-state index contributed by atoms with van der Waals surface area (Å²) in [4.78, 5) is 0. The molecule has 0 aliphatic heterocycles. The fraction of sp³-hybridized carbons (Fsp3) is 0.273. The van der Waals surface area contributed by atoms with Crippen molar-refractivity contribution in [1.82, 2.24) is 0 Å². The molecule has 0 spiro atoms. The van der Waals surface area contributed by atoms with Crippen LogP contribution in [-0.2, 0) is 0 Å². The number of rotatable bonds is 5. The normalized spacial score (nSPS) is 10.0. The molecule has 0 radical (unpaired) electrons. The highest BCUT2D eigenvalue weighted by atomic mass is 19.1. The van der Waals surface area contributed by atoms with Gasteiger partial charge in [-0.25, -0.2) is 4.39 Å². The second-order valence-electron chi connectivity index (χ2n) is 3.45. The van der Waals surface area contributed by atoms with Crippen molar-refractivity contribution in [2.45, 2.75) is 13.3 Å². The molecule has 0 unspecified atom stereocenters. The van der Waals surface area contributed by atoms with E-state index in [1.807, 2.05) is 6.92 Å². The van der Waals surface area contributed by atoms with Crippen LogP contribution in [-0.4, -0.2) is 23.8 Å². The highest BCUT2D eigenvalue weighted by Gasteiger charge is 2.18. The molecule has 5 heteroatoms. The molecule has 86 valence electrons. The second kappa shape index (κ2) is 5.68. The van der Waals surface area contributed by atoms with Crippen LogP contribution in [0.1, 0.15) is 13.3 Å². The lowest BCUT2D eigenvalue weighted by molar-refractivity contribution is 0.347. The predicted octanol–water partition coefficient (Wildman–Crippen LogP) is 0.850. The van der Waals surface area contributed by atoms with Gasteiger partial charge in [-0.15, -0.1) is 0 Å². The standard InChI is InChI=1S/C11H14BFO3/c1-3-8(2)7-16-11-5-4-9(13)6-10(11)12(14)15/h4-6,14-15H,2-3,7H2,1H3. The van der Waals surface area contributed by atoms with Crippen LogP contribution in [0, 0.1) is 5.82 Å². The smallest absolute Gasteiger partial charge is 0.490 e. The first-order valence-electron chi connectivity index (χ1n) is 4.99. The van der Waals surface area contributed by atoms with Crippen molar-refractivity contribution in [1.29, 1.82) is 0 Å². The number of halogens is 1. The lowest BCUT2D eigenvalue weighted by atomic mass is 9.79. The molecule has 3 nitrogen and oxygen atoms in total. The van der Waals surface area contributed by atoms with E-state index in [9.17, 15) is 4.39 Å². The van der Waals surface area contributed by atoms with Crippen LogP contribution in [0.25, 0.3) is 0 Å². The van der Waals surface area contributed by atoms with E-state index in [4.69, 9.17) is 14.8 Å². The minimum Gasteiger partial charge on any atom is -0.490 e. The SMILES string of the molecule is C=C(CC)COc1ccc(F)cc1B(O)O. The fourth-order valence-electron chi connectivity index (χ4n) is 1.13.